The van der Waals surface area contributed by atoms with Crippen molar-refractivity contribution in [1.82, 2.24) is 25.6 Å². The minimum atomic E-state index is 0.0877. The molecule has 0 unspecified atom stereocenters. The van der Waals surface area contributed by atoms with Gasteiger partial charge in [0.25, 0.3) is 6.01 Å². The molecule has 0 bridgehead atoms. The third-order valence-electron chi connectivity index (χ3n) is 6.04. The molecule has 5 aromatic rings. The average Bonchev–Trinajstić information content (AvgIpc) is 3.54. The van der Waals surface area contributed by atoms with Crippen LogP contribution >= 0.6 is 11.6 Å². The van der Waals surface area contributed by atoms with E-state index in [1.165, 1.54) is 5.56 Å². The number of rotatable bonds is 8. The number of anilines is 1. The van der Waals surface area contributed by atoms with E-state index in [1.54, 1.807) is 0 Å². The Balaban J connectivity index is 1.47. The first-order valence-corrected chi connectivity index (χ1v) is 11.8. The van der Waals surface area contributed by atoms with Gasteiger partial charge in [0.1, 0.15) is 5.52 Å². The van der Waals surface area contributed by atoms with E-state index in [1.807, 2.05) is 42.5 Å². The molecule has 1 N–H and O–H groups in total. The molecule has 7 nitrogen and oxygen atoms in total. The average molecular weight is 473 g/mol. The summed E-state index contributed by atoms with van der Waals surface area (Å²) in [5.74, 6) is 0.472. The van der Waals surface area contributed by atoms with Crippen LogP contribution in [0.5, 0.6) is 0 Å². The Morgan fingerprint density at radius 2 is 1.85 bits per heavy atom. The van der Waals surface area contributed by atoms with Gasteiger partial charge in [-0.15, -0.1) is 10.2 Å². The molecule has 0 aliphatic heterocycles. The number of unbranched alkanes of at least 4 members (excludes halogenated alkanes) is 1. The summed E-state index contributed by atoms with van der Waals surface area (Å²) in [6.07, 6.45) is 2.15. The van der Waals surface area contributed by atoms with Crippen LogP contribution in [0, 0.1) is 0 Å². The molecule has 0 amide bonds. The van der Waals surface area contributed by atoms with Gasteiger partial charge in [-0.3, -0.25) is 0 Å². The van der Waals surface area contributed by atoms with E-state index in [4.69, 9.17) is 21.0 Å². The molecule has 3 aromatic carbocycles. The number of para-hydroxylation sites is 2. The lowest BCUT2D eigenvalue weighted by Crippen LogP contribution is -2.28. The fraction of sp³-hybridized carbons (Fsp3) is 0.231. The highest BCUT2D eigenvalue weighted by Crippen LogP contribution is 2.36. The molecule has 0 spiro atoms. The summed E-state index contributed by atoms with van der Waals surface area (Å²) in [5, 5.41) is 15.0. The Labute approximate surface area is 202 Å². The highest BCUT2D eigenvalue weighted by atomic mass is 35.5. The SMILES string of the molecule is CCCCN(c1nc2ccccc2o1)[C@H](C)c1ccc(-c2cccc(Cl)c2-c2nn[nH]n2)cc1. The number of nitrogens with one attached hydrogen (secondary N) is 1. The smallest absolute Gasteiger partial charge is 0.298 e. The van der Waals surface area contributed by atoms with Gasteiger partial charge in [-0.05, 0) is 53.4 Å². The van der Waals surface area contributed by atoms with Crippen LogP contribution in [-0.2, 0) is 0 Å². The monoisotopic (exact) mass is 472 g/mol. The van der Waals surface area contributed by atoms with Crippen LogP contribution < -0.4 is 4.90 Å². The molecule has 2 heterocycles. The minimum Gasteiger partial charge on any atom is -0.423 e. The molecule has 2 aromatic heterocycles. The van der Waals surface area contributed by atoms with Gasteiger partial charge < -0.3 is 9.32 Å². The summed E-state index contributed by atoms with van der Waals surface area (Å²) < 4.78 is 6.11. The third kappa shape index (κ3) is 4.26. The first kappa shape index (κ1) is 22.1. The quantitative estimate of drug-likeness (QED) is 0.270. The maximum Gasteiger partial charge on any atom is 0.298 e. The predicted octanol–water partition coefficient (Wildman–Crippen LogP) is 6.70. The van der Waals surface area contributed by atoms with Crippen LogP contribution in [0.25, 0.3) is 33.6 Å². The normalized spacial score (nSPS) is 12.2. The molecule has 0 aliphatic rings. The first-order valence-electron chi connectivity index (χ1n) is 11.4. The number of nitrogens with zero attached hydrogens (tertiary/aromatic N) is 5. The summed E-state index contributed by atoms with van der Waals surface area (Å²) >= 11 is 6.50. The number of H-pyrrole nitrogens is 1. The maximum atomic E-state index is 6.50. The largest absolute Gasteiger partial charge is 0.423 e. The second kappa shape index (κ2) is 9.65. The number of halogens is 1. The van der Waals surface area contributed by atoms with E-state index in [0.29, 0.717) is 16.9 Å². The Morgan fingerprint density at radius 3 is 2.59 bits per heavy atom. The van der Waals surface area contributed by atoms with E-state index >= 15 is 0 Å². The summed E-state index contributed by atoms with van der Waals surface area (Å²) in [6.45, 7) is 5.24. The van der Waals surface area contributed by atoms with E-state index < -0.39 is 0 Å². The lowest BCUT2D eigenvalue weighted by molar-refractivity contribution is 0.524. The molecule has 0 radical (unpaired) electrons. The number of benzene rings is 3. The van der Waals surface area contributed by atoms with Crippen molar-refractivity contribution < 1.29 is 4.42 Å². The van der Waals surface area contributed by atoms with Crippen molar-refractivity contribution in [2.45, 2.75) is 32.7 Å². The van der Waals surface area contributed by atoms with E-state index in [-0.39, 0.29) is 6.04 Å². The van der Waals surface area contributed by atoms with Crippen LogP contribution in [0.4, 0.5) is 6.01 Å². The van der Waals surface area contributed by atoms with E-state index in [9.17, 15) is 0 Å². The predicted molar refractivity (Wildman–Crippen MR) is 135 cm³/mol. The molecule has 0 fully saturated rings. The van der Waals surface area contributed by atoms with Crippen molar-refractivity contribution in [3.05, 3.63) is 77.3 Å². The summed E-state index contributed by atoms with van der Waals surface area (Å²) in [5.41, 5.74) is 5.59. The molecule has 0 aliphatic carbocycles. The number of tetrazole rings is 1. The molecule has 0 saturated heterocycles. The number of aromatic nitrogens is 5. The standard InChI is InChI=1S/C26H25ClN6O/c1-3-4-16-33(26-28-22-10-5-6-11-23(22)34-26)17(2)18-12-14-19(15-13-18)20-8-7-9-21(27)24(20)25-29-31-32-30-25/h5-15,17H,3-4,16H2,1-2H3,(H,29,30,31,32)/t17-/m1/s1. The van der Waals surface area contributed by atoms with Crippen molar-refractivity contribution in [3.8, 4) is 22.5 Å². The lowest BCUT2D eigenvalue weighted by Gasteiger charge is -2.28. The third-order valence-corrected chi connectivity index (χ3v) is 6.35. The number of oxazole rings is 1. The van der Waals surface area contributed by atoms with Gasteiger partial charge in [-0.2, -0.15) is 10.2 Å². The van der Waals surface area contributed by atoms with Crippen molar-refractivity contribution in [1.29, 1.82) is 0 Å². The molecule has 8 heteroatoms. The molecular weight excluding hydrogens is 448 g/mol. The number of hydrogen-bond acceptors (Lipinski definition) is 6. The van der Waals surface area contributed by atoms with Crippen molar-refractivity contribution in [2.24, 2.45) is 0 Å². The zero-order chi connectivity index (χ0) is 23.5. The van der Waals surface area contributed by atoms with Crippen LogP contribution in [0.2, 0.25) is 5.02 Å². The summed E-state index contributed by atoms with van der Waals surface area (Å²) in [7, 11) is 0. The Hall–Kier alpha value is -3.71. The lowest BCUT2D eigenvalue weighted by atomic mass is 9.96. The number of aromatic amines is 1. The van der Waals surface area contributed by atoms with Gasteiger partial charge >= 0.3 is 0 Å². The van der Waals surface area contributed by atoms with Gasteiger partial charge in [0, 0.05) is 12.1 Å². The second-order valence-corrected chi connectivity index (χ2v) is 8.61. The first-order chi connectivity index (χ1) is 16.7. The van der Waals surface area contributed by atoms with Crippen molar-refractivity contribution >= 4 is 28.7 Å². The van der Waals surface area contributed by atoms with Gasteiger partial charge in [0.15, 0.2) is 5.58 Å². The maximum absolute atomic E-state index is 6.50. The summed E-state index contributed by atoms with van der Waals surface area (Å²) in [6, 6.07) is 22.9. The van der Waals surface area contributed by atoms with Gasteiger partial charge in [0.2, 0.25) is 5.82 Å². The van der Waals surface area contributed by atoms with Crippen LogP contribution in [0.1, 0.15) is 38.3 Å². The van der Waals surface area contributed by atoms with Crippen LogP contribution in [0.15, 0.2) is 71.1 Å². The van der Waals surface area contributed by atoms with Crippen LogP contribution in [-0.4, -0.2) is 32.2 Å². The van der Waals surface area contributed by atoms with E-state index in [2.05, 4.69) is 63.6 Å². The molecule has 1 atom stereocenters. The van der Waals surface area contributed by atoms with Gasteiger partial charge in [-0.25, -0.2) is 0 Å². The minimum absolute atomic E-state index is 0.0877. The molecular formula is C26H25ClN6O. The van der Waals surface area contributed by atoms with Crippen LogP contribution in [0.3, 0.4) is 0 Å². The molecule has 172 valence electrons. The van der Waals surface area contributed by atoms with Crippen molar-refractivity contribution in [2.75, 3.05) is 11.4 Å². The zero-order valence-corrected chi connectivity index (χ0v) is 19.8. The van der Waals surface area contributed by atoms with Crippen molar-refractivity contribution in [3.63, 3.8) is 0 Å². The Kier molecular flexibility index (Phi) is 6.27. The Bertz CT molecular complexity index is 1350. The molecule has 0 saturated carbocycles. The van der Waals surface area contributed by atoms with Gasteiger partial charge in [-0.1, -0.05) is 73.5 Å². The van der Waals surface area contributed by atoms with Gasteiger partial charge in [0.05, 0.1) is 11.1 Å². The van der Waals surface area contributed by atoms with E-state index in [0.717, 1.165) is 47.2 Å². The number of fused-ring (bicyclic) bond motifs is 1. The second-order valence-electron chi connectivity index (χ2n) is 8.21. The zero-order valence-electron chi connectivity index (χ0n) is 19.1. The Morgan fingerprint density at radius 1 is 1.03 bits per heavy atom. The highest BCUT2D eigenvalue weighted by Gasteiger charge is 2.22. The highest BCUT2D eigenvalue weighted by molar-refractivity contribution is 6.33. The molecule has 5 rings (SSSR count). The summed E-state index contributed by atoms with van der Waals surface area (Å²) in [4.78, 5) is 6.99. The number of hydrogen-bond donors (Lipinski definition) is 1. The topological polar surface area (TPSA) is 83.7 Å². The fourth-order valence-corrected chi connectivity index (χ4v) is 4.41. The molecule has 34 heavy (non-hydrogen) atoms. The fourth-order valence-electron chi connectivity index (χ4n) is 4.15.